The van der Waals surface area contributed by atoms with Gasteiger partial charge in [-0.25, -0.2) is 0 Å². The average molecular weight is 318 g/mol. The Bertz CT molecular complexity index is 821. The molecule has 112 valence electrons. The molecule has 0 atom stereocenters. The second-order valence-corrected chi connectivity index (χ2v) is 5.14. The number of nitrogens with zero attached hydrogens (tertiary/aromatic N) is 2. The zero-order chi connectivity index (χ0) is 15.7. The van der Waals surface area contributed by atoms with E-state index >= 15 is 0 Å². The first-order chi connectivity index (χ1) is 10.5. The van der Waals surface area contributed by atoms with Crippen molar-refractivity contribution in [1.29, 1.82) is 0 Å². The van der Waals surface area contributed by atoms with Gasteiger partial charge in [0.05, 0.1) is 5.56 Å². The summed E-state index contributed by atoms with van der Waals surface area (Å²) < 4.78 is 10.9. The van der Waals surface area contributed by atoms with Gasteiger partial charge in [-0.15, -0.1) is 5.10 Å². The number of hydrogen-bond donors (Lipinski definition) is 1. The van der Waals surface area contributed by atoms with Crippen molar-refractivity contribution in [2.24, 2.45) is 0 Å². The third-order valence-corrected chi connectivity index (χ3v) is 3.28. The SMILES string of the molecule is Cc1cc(-c2nnc(NC(=O)c3ccc(Cl)cc3)o2)c(C)o1. The molecule has 1 amide bonds. The van der Waals surface area contributed by atoms with Crippen molar-refractivity contribution in [3.05, 3.63) is 52.4 Å². The van der Waals surface area contributed by atoms with Crippen LogP contribution in [0.25, 0.3) is 11.5 Å². The number of benzene rings is 1. The second kappa shape index (κ2) is 5.65. The Labute approximate surface area is 131 Å². The molecule has 0 aliphatic rings. The number of nitrogens with one attached hydrogen (secondary N) is 1. The van der Waals surface area contributed by atoms with Gasteiger partial charge < -0.3 is 8.83 Å². The van der Waals surface area contributed by atoms with Crippen LogP contribution in [0.4, 0.5) is 6.01 Å². The standard InChI is InChI=1S/C15H12ClN3O3/c1-8-7-12(9(2)21-8)14-18-19-15(22-14)17-13(20)10-3-5-11(16)6-4-10/h3-7H,1-2H3,(H,17,19,20). The van der Waals surface area contributed by atoms with Crippen molar-refractivity contribution in [2.45, 2.75) is 13.8 Å². The van der Waals surface area contributed by atoms with E-state index in [1.165, 1.54) is 0 Å². The first kappa shape index (κ1) is 14.3. The van der Waals surface area contributed by atoms with Crippen LogP contribution in [0.5, 0.6) is 0 Å². The third-order valence-electron chi connectivity index (χ3n) is 3.02. The van der Waals surface area contributed by atoms with Crippen LogP contribution in [0.2, 0.25) is 5.02 Å². The highest BCUT2D eigenvalue weighted by molar-refractivity contribution is 6.30. The summed E-state index contributed by atoms with van der Waals surface area (Å²) in [5.74, 6) is 1.36. The van der Waals surface area contributed by atoms with Crippen molar-refractivity contribution in [3.8, 4) is 11.5 Å². The van der Waals surface area contributed by atoms with E-state index in [1.807, 2.05) is 6.92 Å². The average Bonchev–Trinajstić information content (AvgIpc) is 3.06. The lowest BCUT2D eigenvalue weighted by Crippen LogP contribution is -2.11. The first-order valence-corrected chi connectivity index (χ1v) is 6.88. The van der Waals surface area contributed by atoms with Crippen molar-refractivity contribution >= 4 is 23.5 Å². The minimum Gasteiger partial charge on any atom is -0.466 e. The zero-order valence-corrected chi connectivity index (χ0v) is 12.6. The topological polar surface area (TPSA) is 81.2 Å². The van der Waals surface area contributed by atoms with Crippen LogP contribution in [-0.2, 0) is 0 Å². The summed E-state index contributed by atoms with van der Waals surface area (Å²) in [5.41, 5.74) is 1.15. The lowest BCUT2D eigenvalue weighted by molar-refractivity contribution is 0.102. The van der Waals surface area contributed by atoms with E-state index in [9.17, 15) is 4.79 Å². The lowest BCUT2D eigenvalue weighted by Gasteiger charge is -2.00. The molecule has 2 aromatic heterocycles. The Morgan fingerprint density at radius 3 is 2.50 bits per heavy atom. The van der Waals surface area contributed by atoms with Gasteiger partial charge in [0.15, 0.2) is 0 Å². The number of halogens is 1. The molecule has 0 saturated carbocycles. The Morgan fingerprint density at radius 2 is 1.86 bits per heavy atom. The highest BCUT2D eigenvalue weighted by Gasteiger charge is 2.16. The number of anilines is 1. The molecule has 3 aromatic rings. The van der Waals surface area contributed by atoms with Gasteiger partial charge >= 0.3 is 6.01 Å². The molecule has 3 rings (SSSR count). The van der Waals surface area contributed by atoms with Crippen LogP contribution in [0, 0.1) is 13.8 Å². The maximum absolute atomic E-state index is 12.0. The molecule has 0 bridgehead atoms. The summed E-state index contributed by atoms with van der Waals surface area (Å²) in [6, 6.07) is 8.30. The monoisotopic (exact) mass is 317 g/mol. The summed E-state index contributed by atoms with van der Waals surface area (Å²) in [7, 11) is 0. The first-order valence-electron chi connectivity index (χ1n) is 6.51. The lowest BCUT2D eigenvalue weighted by atomic mass is 10.2. The normalized spacial score (nSPS) is 10.7. The number of carbonyl (C=O) groups is 1. The van der Waals surface area contributed by atoms with Crippen LogP contribution in [-0.4, -0.2) is 16.1 Å². The Hall–Kier alpha value is -2.60. The maximum Gasteiger partial charge on any atom is 0.322 e. The van der Waals surface area contributed by atoms with Gasteiger partial charge in [-0.05, 0) is 44.2 Å². The molecule has 0 unspecified atom stereocenters. The van der Waals surface area contributed by atoms with Crippen LogP contribution in [0.1, 0.15) is 21.9 Å². The van der Waals surface area contributed by atoms with E-state index < -0.39 is 0 Å². The summed E-state index contributed by atoms with van der Waals surface area (Å²) in [6.45, 7) is 3.63. The van der Waals surface area contributed by atoms with Gasteiger partial charge in [0, 0.05) is 10.6 Å². The van der Waals surface area contributed by atoms with E-state index in [4.69, 9.17) is 20.4 Å². The van der Waals surface area contributed by atoms with Crippen LogP contribution >= 0.6 is 11.6 Å². The minimum atomic E-state index is -0.355. The van der Waals surface area contributed by atoms with Gasteiger partial charge in [-0.1, -0.05) is 16.7 Å². The maximum atomic E-state index is 12.0. The summed E-state index contributed by atoms with van der Waals surface area (Å²) in [6.07, 6.45) is 0. The van der Waals surface area contributed by atoms with Crippen LogP contribution < -0.4 is 5.32 Å². The number of carbonyl (C=O) groups excluding carboxylic acids is 1. The molecule has 2 heterocycles. The van der Waals surface area contributed by atoms with E-state index in [0.717, 1.165) is 5.76 Å². The van der Waals surface area contributed by atoms with E-state index in [-0.39, 0.29) is 11.9 Å². The number of furan rings is 1. The van der Waals surface area contributed by atoms with Crippen LogP contribution in [0.15, 0.2) is 39.2 Å². The van der Waals surface area contributed by atoms with E-state index in [0.29, 0.717) is 27.8 Å². The molecule has 22 heavy (non-hydrogen) atoms. The largest absolute Gasteiger partial charge is 0.466 e. The van der Waals surface area contributed by atoms with Gasteiger partial charge in [0.1, 0.15) is 11.5 Å². The molecule has 0 fully saturated rings. The number of hydrogen-bond acceptors (Lipinski definition) is 5. The predicted octanol–water partition coefficient (Wildman–Crippen LogP) is 3.85. The number of rotatable bonds is 3. The van der Waals surface area contributed by atoms with E-state index in [2.05, 4.69) is 15.5 Å². The fourth-order valence-electron chi connectivity index (χ4n) is 2.00. The van der Waals surface area contributed by atoms with Crippen molar-refractivity contribution in [1.82, 2.24) is 10.2 Å². The predicted molar refractivity (Wildman–Crippen MR) is 80.9 cm³/mol. The van der Waals surface area contributed by atoms with Gasteiger partial charge in [0.2, 0.25) is 0 Å². The molecule has 0 saturated heterocycles. The zero-order valence-electron chi connectivity index (χ0n) is 11.9. The third kappa shape index (κ3) is 2.87. The number of aromatic nitrogens is 2. The summed E-state index contributed by atoms with van der Waals surface area (Å²) in [5, 5.41) is 10.8. The molecule has 7 heteroatoms. The Balaban J connectivity index is 1.78. The molecule has 1 N–H and O–H groups in total. The van der Waals surface area contributed by atoms with Gasteiger partial charge in [-0.3, -0.25) is 10.1 Å². The van der Waals surface area contributed by atoms with Crippen molar-refractivity contribution in [3.63, 3.8) is 0 Å². The van der Waals surface area contributed by atoms with Crippen molar-refractivity contribution in [2.75, 3.05) is 5.32 Å². The molecule has 0 spiro atoms. The summed E-state index contributed by atoms with van der Waals surface area (Å²) in [4.78, 5) is 12.0. The van der Waals surface area contributed by atoms with E-state index in [1.54, 1.807) is 37.3 Å². The molecule has 1 aromatic carbocycles. The molecular formula is C15H12ClN3O3. The minimum absolute atomic E-state index is 0.0215. The fourth-order valence-corrected chi connectivity index (χ4v) is 2.12. The van der Waals surface area contributed by atoms with Crippen LogP contribution in [0.3, 0.4) is 0 Å². The molecule has 0 aliphatic carbocycles. The smallest absolute Gasteiger partial charge is 0.322 e. The molecule has 6 nitrogen and oxygen atoms in total. The fraction of sp³-hybridized carbons (Fsp3) is 0.133. The Morgan fingerprint density at radius 1 is 1.14 bits per heavy atom. The molecule has 0 radical (unpaired) electrons. The Kier molecular flexibility index (Phi) is 3.68. The summed E-state index contributed by atoms with van der Waals surface area (Å²) >= 11 is 5.78. The highest BCUT2D eigenvalue weighted by atomic mass is 35.5. The highest BCUT2D eigenvalue weighted by Crippen LogP contribution is 2.26. The second-order valence-electron chi connectivity index (χ2n) is 4.70. The molecule has 0 aliphatic heterocycles. The van der Waals surface area contributed by atoms with Gasteiger partial charge in [0.25, 0.3) is 11.8 Å². The quantitative estimate of drug-likeness (QED) is 0.793. The molecular weight excluding hydrogens is 306 g/mol. The van der Waals surface area contributed by atoms with Crippen molar-refractivity contribution < 1.29 is 13.6 Å². The number of amides is 1. The number of aryl methyl sites for hydroxylation is 2. The van der Waals surface area contributed by atoms with Gasteiger partial charge in [-0.2, -0.15) is 0 Å².